The molecular formula is C15H19N3OS. The third-order valence-electron chi connectivity index (χ3n) is 4.06. The van der Waals surface area contributed by atoms with Crippen molar-refractivity contribution in [2.24, 2.45) is 5.92 Å². The Kier molecular flexibility index (Phi) is 4.38. The maximum atomic E-state index is 11.9. The Morgan fingerprint density at radius 2 is 2.10 bits per heavy atom. The van der Waals surface area contributed by atoms with Gasteiger partial charge in [-0.3, -0.25) is 9.78 Å². The first-order valence-electron chi connectivity index (χ1n) is 7.07. The highest BCUT2D eigenvalue weighted by atomic mass is 32.2. The number of nitrogens with one attached hydrogen (secondary N) is 1. The van der Waals surface area contributed by atoms with E-state index in [0.29, 0.717) is 12.0 Å². The van der Waals surface area contributed by atoms with Crippen molar-refractivity contribution in [3.63, 3.8) is 0 Å². The van der Waals surface area contributed by atoms with E-state index >= 15 is 0 Å². The first-order chi connectivity index (χ1) is 9.81. The number of hydrogen-bond acceptors (Lipinski definition) is 4. The van der Waals surface area contributed by atoms with Crippen LogP contribution in [0.3, 0.4) is 0 Å². The minimum absolute atomic E-state index is 0.0188. The van der Waals surface area contributed by atoms with E-state index in [2.05, 4.69) is 15.2 Å². The average molecular weight is 289 g/mol. The number of thioether (sulfide) groups is 1. The Hall–Kier alpha value is -1.33. The molecule has 4 rings (SSSR count). The number of pyridine rings is 1. The van der Waals surface area contributed by atoms with Crippen LogP contribution in [0, 0.1) is 5.92 Å². The van der Waals surface area contributed by atoms with E-state index < -0.39 is 0 Å². The molecule has 3 fully saturated rings. The molecule has 4 nitrogen and oxygen atoms in total. The molecule has 1 amide bonds. The van der Waals surface area contributed by atoms with Gasteiger partial charge in [-0.1, -0.05) is 11.8 Å². The van der Waals surface area contributed by atoms with Gasteiger partial charge in [-0.05, 0) is 49.4 Å². The summed E-state index contributed by atoms with van der Waals surface area (Å²) in [5.41, 5.74) is 0. The van der Waals surface area contributed by atoms with Crippen LogP contribution < -0.4 is 5.32 Å². The highest BCUT2D eigenvalue weighted by Crippen LogP contribution is 2.27. The van der Waals surface area contributed by atoms with E-state index in [1.54, 1.807) is 18.5 Å². The van der Waals surface area contributed by atoms with Gasteiger partial charge in [0, 0.05) is 36.0 Å². The molecule has 1 N–H and O–H groups in total. The lowest BCUT2D eigenvalue weighted by Gasteiger charge is -2.44. The summed E-state index contributed by atoms with van der Waals surface area (Å²) in [5.74, 6) is 0.690. The number of piperidine rings is 3. The zero-order valence-electron chi connectivity index (χ0n) is 11.4. The van der Waals surface area contributed by atoms with E-state index in [1.165, 1.54) is 37.7 Å². The highest BCUT2D eigenvalue weighted by Gasteiger charge is 2.34. The van der Waals surface area contributed by atoms with Gasteiger partial charge in [0.25, 0.3) is 0 Å². The number of aromatic nitrogens is 1. The molecule has 0 saturated carbocycles. The standard InChI is InChI=1S/C15H19N3OS/c19-15(5-10-20-13-1-6-16-7-2-13)17-14-11-18-8-3-12(14)4-9-18/h1-2,5-7,10,12,14H,3-4,8-9,11H2,(H,17,19)/b10-5+/t14-/m0/s1. The van der Waals surface area contributed by atoms with Crippen molar-refractivity contribution in [3.05, 3.63) is 36.0 Å². The Morgan fingerprint density at radius 3 is 2.75 bits per heavy atom. The molecule has 0 unspecified atom stereocenters. The van der Waals surface area contributed by atoms with Crippen molar-refractivity contribution in [1.29, 1.82) is 0 Å². The summed E-state index contributed by atoms with van der Waals surface area (Å²) in [6.07, 6.45) is 7.58. The van der Waals surface area contributed by atoms with Crippen molar-refractivity contribution in [3.8, 4) is 0 Å². The van der Waals surface area contributed by atoms with E-state index in [0.717, 1.165) is 11.4 Å². The smallest absolute Gasteiger partial charge is 0.244 e. The molecule has 4 heterocycles. The monoisotopic (exact) mass is 289 g/mol. The van der Waals surface area contributed by atoms with Gasteiger partial charge in [-0.2, -0.15) is 0 Å². The molecule has 3 saturated heterocycles. The molecule has 0 radical (unpaired) electrons. The molecular weight excluding hydrogens is 270 g/mol. The van der Waals surface area contributed by atoms with Gasteiger partial charge < -0.3 is 10.2 Å². The lowest BCUT2D eigenvalue weighted by Crippen LogP contribution is -2.57. The SMILES string of the molecule is O=C(/C=C/Sc1ccncc1)N[C@H]1CN2CCC1CC2. The number of nitrogens with zero attached hydrogens (tertiary/aromatic N) is 2. The number of carbonyl (C=O) groups excluding carboxylic acids is 1. The van der Waals surface area contributed by atoms with Gasteiger partial charge in [-0.15, -0.1) is 0 Å². The summed E-state index contributed by atoms with van der Waals surface area (Å²) in [4.78, 5) is 19.4. The summed E-state index contributed by atoms with van der Waals surface area (Å²) in [5, 5.41) is 4.98. The predicted molar refractivity (Wildman–Crippen MR) is 80.3 cm³/mol. The van der Waals surface area contributed by atoms with E-state index in [9.17, 15) is 4.79 Å². The Morgan fingerprint density at radius 1 is 1.35 bits per heavy atom. The van der Waals surface area contributed by atoms with Crippen LogP contribution in [0.1, 0.15) is 12.8 Å². The van der Waals surface area contributed by atoms with Crippen molar-refractivity contribution >= 4 is 17.7 Å². The van der Waals surface area contributed by atoms with Crippen LogP contribution in [0.2, 0.25) is 0 Å². The maximum Gasteiger partial charge on any atom is 0.244 e. The van der Waals surface area contributed by atoms with Gasteiger partial charge in [0.15, 0.2) is 0 Å². The summed E-state index contributed by atoms with van der Waals surface area (Å²) >= 11 is 1.53. The molecule has 106 valence electrons. The molecule has 5 heteroatoms. The van der Waals surface area contributed by atoms with E-state index in [4.69, 9.17) is 0 Å². The number of carbonyl (C=O) groups is 1. The topological polar surface area (TPSA) is 45.2 Å². The lowest BCUT2D eigenvalue weighted by molar-refractivity contribution is -0.118. The molecule has 1 aromatic rings. The summed E-state index contributed by atoms with van der Waals surface area (Å²) < 4.78 is 0. The van der Waals surface area contributed by atoms with Gasteiger partial charge in [0.05, 0.1) is 0 Å². The molecule has 1 aromatic heterocycles. The fourth-order valence-electron chi connectivity index (χ4n) is 2.95. The predicted octanol–water partition coefficient (Wildman–Crippen LogP) is 1.90. The van der Waals surface area contributed by atoms with Crippen molar-refractivity contribution in [2.45, 2.75) is 23.8 Å². The molecule has 3 aliphatic rings. The van der Waals surface area contributed by atoms with Crippen molar-refractivity contribution in [2.75, 3.05) is 19.6 Å². The van der Waals surface area contributed by atoms with Crippen LogP contribution in [-0.4, -0.2) is 41.5 Å². The van der Waals surface area contributed by atoms with Gasteiger partial charge >= 0.3 is 0 Å². The Bertz CT molecular complexity index is 483. The van der Waals surface area contributed by atoms with Crippen LogP contribution in [-0.2, 0) is 4.79 Å². The van der Waals surface area contributed by atoms with Gasteiger partial charge in [-0.25, -0.2) is 0 Å². The number of amides is 1. The third-order valence-corrected chi connectivity index (χ3v) is 4.87. The van der Waals surface area contributed by atoms with E-state index in [-0.39, 0.29) is 5.91 Å². The summed E-state index contributed by atoms with van der Waals surface area (Å²) in [7, 11) is 0. The van der Waals surface area contributed by atoms with Crippen molar-refractivity contribution in [1.82, 2.24) is 15.2 Å². The fraction of sp³-hybridized carbons (Fsp3) is 0.467. The second-order valence-corrected chi connectivity index (χ2v) is 6.34. The van der Waals surface area contributed by atoms with Crippen LogP contribution in [0.4, 0.5) is 0 Å². The average Bonchev–Trinajstić information content (AvgIpc) is 2.49. The van der Waals surface area contributed by atoms with Crippen LogP contribution in [0.15, 0.2) is 40.9 Å². The summed E-state index contributed by atoms with van der Waals surface area (Å²) in [6.45, 7) is 3.41. The first-order valence-corrected chi connectivity index (χ1v) is 7.95. The maximum absolute atomic E-state index is 11.9. The minimum atomic E-state index is 0.0188. The van der Waals surface area contributed by atoms with Crippen LogP contribution >= 0.6 is 11.8 Å². The highest BCUT2D eigenvalue weighted by molar-refractivity contribution is 8.02. The van der Waals surface area contributed by atoms with Crippen LogP contribution in [0.5, 0.6) is 0 Å². The van der Waals surface area contributed by atoms with Crippen LogP contribution in [0.25, 0.3) is 0 Å². The normalized spacial score (nSPS) is 28.7. The first kappa shape index (κ1) is 13.6. The molecule has 3 aliphatic heterocycles. The zero-order valence-corrected chi connectivity index (χ0v) is 12.2. The van der Waals surface area contributed by atoms with Crippen molar-refractivity contribution < 1.29 is 4.79 Å². The van der Waals surface area contributed by atoms with Gasteiger partial charge in [0.2, 0.25) is 5.91 Å². The zero-order chi connectivity index (χ0) is 13.8. The number of rotatable bonds is 4. The Balaban J connectivity index is 1.47. The second-order valence-electron chi connectivity index (χ2n) is 5.36. The molecule has 1 atom stereocenters. The lowest BCUT2D eigenvalue weighted by atomic mass is 9.84. The van der Waals surface area contributed by atoms with E-state index in [1.807, 2.05) is 17.5 Å². The number of fused-ring (bicyclic) bond motifs is 3. The molecule has 0 aromatic carbocycles. The second kappa shape index (κ2) is 6.41. The Labute approximate surface area is 123 Å². The third kappa shape index (κ3) is 3.41. The fourth-order valence-corrected chi connectivity index (χ4v) is 3.58. The molecule has 20 heavy (non-hydrogen) atoms. The largest absolute Gasteiger partial charge is 0.348 e. The molecule has 2 bridgehead atoms. The minimum Gasteiger partial charge on any atom is -0.348 e. The molecule has 0 aliphatic carbocycles. The number of hydrogen-bond donors (Lipinski definition) is 1. The molecule has 0 spiro atoms. The van der Waals surface area contributed by atoms with Gasteiger partial charge in [0.1, 0.15) is 0 Å². The quantitative estimate of drug-likeness (QED) is 0.679. The summed E-state index contributed by atoms with van der Waals surface area (Å²) in [6, 6.07) is 4.20.